The number of rotatable bonds is 4. The lowest BCUT2D eigenvalue weighted by Gasteiger charge is -2.33. The number of nitrogens with one attached hydrogen (secondary N) is 1. The summed E-state index contributed by atoms with van der Waals surface area (Å²) in [6.45, 7) is 1.45. The van der Waals surface area contributed by atoms with Crippen molar-refractivity contribution in [2.45, 2.75) is 13.0 Å². The van der Waals surface area contributed by atoms with Crippen LogP contribution in [-0.2, 0) is 21.9 Å². The largest absolute Gasteiger partial charge is 0.476 e. The zero-order valence-electron chi connectivity index (χ0n) is 17.6. The molecule has 0 aliphatic carbocycles. The number of halogens is 1. The van der Waals surface area contributed by atoms with Crippen LogP contribution in [0.25, 0.3) is 5.69 Å². The second kappa shape index (κ2) is 8.03. The Morgan fingerprint density at radius 2 is 1.88 bits per heavy atom. The van der Waals surface area contributed by atoms with Gasteiger partial charge in [-0.05, 0) is 37.3 Å². The molecule has 4 rings (SSSR count). The van der Waals surface area contributed by atoms with Gasteiger partial charge in [-0.25, -0.2) is 13.1 Å². The molecule has 32 heavy (non-hydrogen) atoms. The highest BCUT2D eigenvalue weighted by Crippen LogP contribution is 2.37. The molecule has 0 saturated heterocycles. The van der Waals surface area contributed by atoms with Gasteiger partial charge >= 0.3 is 0 Å². The second-order valence-electron chi connectivity index (χ2n) is 7.44. The van der Waals surface area contributed by atoms with Crippen LogP contribution >= 0.6 is 11.6 Å². The number of nitrogens with zero attached hydrogens (tertiary/aromatic N) is 3. The molecule has 9 nitrogen and oxygen atoms in total. The van der Waals surface area contributed by atoms with Crippen molar-refractivity contribution in [1.82, 2.24) is 9.36 Å². The fraction of sp³-hybridized carbons (Fsp3) is 0.238. The fourth-order valence-electron chi connectivity index (χ4n) is 3.59. The number of ether oxygens (including phenoxy) is 1. The molecule has 11 heteroatoms. The summed E-state index contributed by atoms with van der Waals surface area (Å²) in [5, 5.41) is 2.97. The third kappa shape index (κ3) is 3.87. The van der Waals surface area contributed by atoms with Gasteiger partial charge in [0.25, 0.3) is 11.5 Å². The van der Waals surface area contributed by atoms with Crippen LogP contribution in [0.1, 0.15) is 5.69 Å². The summed E-state index contributed by atoms with van der Waals surface area (Å²) in [5.41, 5.74) is 1.12. The topological polar surface area (TPSA) is 103 Å². The number of para-hydroxylation sites is 1. The molecule has 0 radical (unpaired) electrons. The Kier molecular flexibility index (Phi) is 5.51. The first-order valence-electron chi connectivity index (χ1n) is 9.66. The first-order chi connectivity index (χ1) is 15.1. The van der Waals surface area contributed by atoms with Gasteiger partial charge in [0, 0.05) is 12.1 Å². The number of hydrogen-bond donors (Lipinski definition) is 1. The predicted molar refractivity (Wildman–Crippen MR) is 122 cm³/mol. The Bertz CT molecular complexity index is 1360. The molecular formula is C21H21ClN4O5S. The molecular weight excluding hydrogens is 456 g/mol. The molecule has 2 aromatic carbocycles. The van der Waals surface area contributed by atoms with Crippen molar-refractivity contribution in [3.63, 3.8) is 0 Å². The van der Waals surface area contributed by atoms with Crippen molar-refractivity contribution in [2.75, 3.05) is 22.4 Å². The minimum Gasteiger partial charge on any atom is -0.476 e. The van der Waals surface area contributed by atoms with Crippen LogP contribution in [0, 0.1) is 6.92 Å². The van der Waals surface area contributed by atoms with Crippen LogP contribution in [0.4, 0.5) is 11.4 Å². The normalized spacial score (nSPS) is 15.8. The highest BCUT2D eigenvalue weighted by atomic mass is 35.5. The fourth-order valence-corrected chi connectivity index (χ4v) is 4.66. The maximum atomic E-state index is 13.1. The van der Waals surface area contributed by atoms with E-state index in [1.807, 2.05) is 18.2 Å². The zero-order valence-corrected chi connectivity index (χ0v) is 19.1. The Hall–Kier alpha value is -3.24. The van der Waals surface area contributed by atoms with E-state index in [0.29, 0.717) is 16.4 Å². The average molecular weight is 477 g/mol. The van der Waals surface area contributed by atoms with E-state index in [-0.39, 0.29) is 23.7 Å². The number of hydrogen-bond acceptors (Lipinski definition) is 5. The molecule has 1 amide bonds. The summed E-state index contributed by atoms with van der Waals surface area (Å²) < 4.78 is 34.6. The van der Waals surface area contributed by atoms with Gasteiger partial charge < -0.3 is 10.1 Å². The van der Waals surface area contributed by atoms with Crippen LogP contribution in [0.3, 0.4) is 0 Å². The molecule has 1 aliphatic rings. The molecule has 0 unspecified atom stereocenters. The van der Waals surface area contributed by atoms with Gasteiger partial charge in [-0.15, -0.1) is 0 Å². The van der Waals surface area contributed by atoms with Crippen LogP contribution in [0.15, 0.2) is 53.3 Å². The van der Waals surface area contributed by atoms with Gasteiger partial charge in [0.05, 0.1) is 29.9 Å². The number of carbonyl (C=O) groups excluding carboxylic acids is 1. The Balaban J connectivity index is 1.67. The SMILES string of the molecule is Cc1c(NC(=O)[C@H]2CN(S(C)(=O)=O)c3cc(Cl)ccc3O2)c(=O)n(-c2ccccc2)n1C. The van der Waals surface area contributed by atoms with Crippen molar-refractivity contribution in [1.29, 1.82) is 0 Å². The molecule has 168 valence electrons. The summed E-state index contributed by atoms with van der Waals surface area (Å²) in [6, 6.07) is 13.5. The van der Waals surface area contributed by atoms with Gasteiger partial charge in [-0.3, -0.25) is 18.6 Å². The quantitative estimate of drug-likeness (QED) is 0.622. The first kappa shape index (κ1) is 22.0. The van der Waals surface area contributed by atoms with E-state index < -0.39 is 27.6 Å². The summed E-state index contributed by atoms with van der Waals surface area (Å²) in [6.07, 6.45) is -0.125. The Labute approximate surface area is 189 Å². The molecule has 1 N–H and O–H groups in total. The molecule has 2 heterocycles. The number of carbonyl (C=O) groups is 1. The van der Waals surface area contributed by atoms with Crippen molar-refractivity contribution < 1.29 is 17.9 Å². The summed E-state index contributed by atoms with van der Waals surface area (Å²) in [5.74, 6) is -0.428. The standard InChI is InChI=1S/C21H21ClN4O5S/c1-13-19(21(28)26(24(13)2)15-7-5-4-6-8-15)23-20(27)18-12-25(32(3,29)30)16-11-14(22)9-10-17(16)31-18/h4-11,18H,12H2,1-3H3,(H,23,27)/t18-/m1/s1. The molecule has 0 spiro atoms. The third-order valence-electron chi connectivity index (χ3n) is 5.29. The van der Waals surface area contributed by atoms with E-state index in [4.69, 9.17) is 16.3 Å². The van der Waals surface area contributed by atoms with Crippen molar-refractivity contribution in [3.8, 4) is 11.4 Å². The van der Waals surface area contributed by atoms with E-state index in [0.717, 1.165) is 10.6 Å². The second-order valence-corrected chi connectivity index (χ2v) is 9.78. The van der Waals surface area contributed by atoms with Gasteiger partial charge in [0.2, 0.25) is 10.0 Å². The summed E-state index contributed by atoms with van der Waals surface area (Å²) in [4.78, 5) is 26.1. The molecule has 1 aromatic heterocycles. The molecule has 3 aromatic rings. The maximum Gasteiger partial charge on any atom is 0.295 e. The smallest absolute Gasteiger partial charge is 0.295 e. The first-order valence-corrected chi connectivity index (χ1v) is 11.9. The molecule has 0 fully saturated rings. The third-order valence-corrected chi connectivity index (χ3v) is 6.67. The van der Waals surface area contributed by atoms with Crippen LogP contribution < -0.4 is 19.9 Å². The van der Waals surface area contributed by atoms with Crippen molar-refractivity contribution >= 4 is 38.9 Å². The lowest BCUT2D eigenvalue weighted by atomic mass is 10.2. The number of anilines is 2. The van der Waals surface area contributed by atoms with Crippen LogP contribution in [-0.4, -0.2) is 42.6 Å². The molecule has 0 bridgehead atoms. The maximum absolute atomic E-state index is 13.1. The van der Waals surface area contributed by atoms with Gasteiger partial charge in [-0.2, -0.15) is 0 Å². The van der Waals surface area contributed by atoms with Gasteiger partial charge in [-0.1, -0.05) is 29.8 Å². The lowest BCUT2D eigenvalue weighted by Crippen LogP contribution is -2.48. The van der Waals surface area contributed by atoms with E-state index in [9.17, 15) is 18.0 Å². The van der Waals surface area contributed by atoms with Gasteiger partial charge in [0.1, 0.15) is 11.4 Å². The van der Waals surface area contributed by atoms with E-state index in [1.54, 1.807) is 36.9 Å². The average Bonchev–Trinajstić information content (AvgIpc) is 2.96. The van der Waals surface area contributed by atoms with E-state index in [2.05, 4.69) is 5.32 Å². The molecule has 0 saturated carbocycles. The number of amides is 1. The Morgan fingerprint density at radius 3 is 2.53 bits per heavy atom. The highest BCUT2D eigenvalue weighted by molar-refractivity contribution is 7.92. The highest BCUT2D eigenvalue weighted by Gasteiger charge is 2.36. The van der Waals surface area contributed by atoms with E-state index >= 15 is 0 Å². The Morgan fingerprint density at radius 1 is 1.19 bits per heavy atom. The predicted octanol–water partition coefficient (Wildman–Crippen LogP) is 2.30. The minimum atomic E-state index is -3.71. The van der Waals surface area contributed by atoms with Gasteiger partial charge in [0.15, 0.2) is 6.10 Å². The lowest BCUT2D eigenvalue weighted by molar-refractivity contribution is -0.122. The number of aromatic nitrogens is 2. The minimum absolute atomic E-state index is 0.0951. The van der Waals surface area contributed by atoms with Crippen molar-refractivity contribution in [3.05, 3.63) is 69.6 Å². The zero-order chi connectivity index (χ0) is 23.2. The molecule has 1 atom stereocenters. The van der Waals surface area contributed by atoms with Crippen LogP contribution in [0.2, 0.25) is 5.02 Å². The number of fused-ring (bicyclic) bond motifs is 1. The molecule has 1 aliphatic heterocycles. The number of benzene rings is 2. The summed E-state index contributed by atoms with van der Waals surface area (Å²) in [7, 11) is -2.00. The van der Waals surface area contributed by atoms with Crippen molar-refractivity contribution in [2.24, 2.45) is 7.05 Å². The van der Waals surface area contributed by atoms with E-state index in [1.165, 1.54) is 16.8 Å². The number of sulfonamides is 1. The summed E-state index contributed by atoms with van der Waals surface area (Å²) >= 11 is 6.01. The van der Waals surface area contributed by atoms with Crippen LogP contribution in [0.5, 0.6) is 5.75 Å². The monoisotopic (exact) mass is 476 g/mol.